The van der Waals surface area contributed by atoms with Crippen LogP contribution in [0.4, 0.5) is 0 Å². The van der Waals surface area contributed by atoms with Crippen LogP contribution in [-0.2, 0) is 6.42 Å². The molecule has 146 valence electrons. The number of benzene rings is 2. The van der Waals surface area contributed by atoms with Crippen LogP contribution in [-0.4, -0.2) is 19.8 Å². The number of ether oxygens (including phenoxy) is 3. The summed E-state index contributed by atoms with van der Waals surface area (Å²) in [5, 5.41) is 0.572. The molecule has 1 aliphatic heterocycles. The van der Waals surface area contributed by atoms with Crippen molar-refractivity contribution in [2.45, 2.75) is 33.6 Å². The molecule has 0 radical (unpaired) electrons. The third-order valence-electron chi connectivity index (χ3n) is 4.90. The van der Waals surface area contributed by atoms with E-state index in [2.05, 4.69) is 6.92 Å². The maximum atomic E-state index is 13.4. The Morgan fingerprint density at radius 3 is 2.57 bits per heavy atom. The van der Waals surface area contributed by atoms with Gasteiger partial charge in [0.1, 0.15) is 30.3 Å². The van der Waals surface area contributed by atoms with Crippen LogP contribution in [0.1, 0.15) is 31.6 Å². The van der Waals surface area contributed by atoms with Gasteiger partial charge in [-0.05, 0) is 49.6 Å². The molecule has 4 rings (SSSR count). The number of hydrogen-bond acceptors (Lipinski definition) is 5. The molecular formula is C23H24O5. The van der Waals surface area contributed by atoms with Gasteiger partial charge in [-0.3, -0.25) is 4.79 Å². The molecular weight excluding hydrogens is 356 g/mol. The molecule has 3 aromatic rings. The molecule has 0 fully saturated rings. The van der Waals surface area contributed by atoms with E-state index in [9.17, 15) is 4.79 Å². The first-order valence-electron chi connectivity index (χ1n) is 9.75. The first-order valence-corrected chi connectivity index (χ1v) is 9.75. The van der Waals surface area contributed by atoms with Gasteiger partial charge in [0.2, 0.25) is 5.43 Å². The second kappa shape index (κ2) is 7.58. The maximum Gasteiger partial charge on any atom is 0.200 e. The van der Waals surface area contributed by atoms with Crippen molar-refractivity contribution in [2.75, 3.05) is 19.8 Å². The fourth-order valence-corrected chi connectivity index (χ4v) is 3.67. The van der Waals surface area contributed by atoms with Gasteiger partial charge < -0.3 is 18.6 Å². The van der Waals surface area contributed by atoms with Crippen molar-refractivity contribution in [1.82, 2.24) is 0 Å². The Kier molecular flexibility index (Phi) is 4.99. The molecule has 2 heterocycles. The number of aryl methyl sites for hydroxylation is 2. The molecule has 0 amide bonds. The van der Waals surface area contributed by atoms with Crippen LogP contribution in [0, 0.1) is 6.92 Å². The van der Waals surface area contributed by atoms with E-state index >= 15 is 0 Å². The predicted molar refractivity (Wildman–Crippen MR) is 109 cm³/mol. The van der Waals surface area contributed by atoms with Crippen molar-refractivity contribution in [3.8, 4) is 28.4 Å². The van der Waals surface area contributed by atoms with E-state index in [1.165, 1.54) is 0 Å². The monoisotopic (exact) mass is 380 g/mol. The van der Waals surface area contributed by atoms with Gasteiger partial charge in [-0.2, -0.15) is 0 Å². The van der Waals surface area contributed by atoms with E-state index in [0.29, 0.717) is 53.6 Å². The molecule has 0 N–H and O–H groups in total. The van der Waals surface area contributed by atoms with Crippen molar-refractivity contribution in [3.05, 3.63) is 51.9 Å². The lowest BCUT2D eigenvalue weighted by Crippen LogP contribution is -2.15. The topological polar surface area (TPSA) is 57.9 Å². The molecule has 5 nitrogen and oxygen atoms in total. The lowest BCUT2D eigenvalue weighted by atomic mass is 9.99. The molecule has 1 aromatic heterocycles. The van der Waals surface area contributed by atoms with E-state index in [-0.39, 0.29) is 5.43 Å². The quantitative estimate of drug-likeness (QED) is 0.631. The maximum absolute atomic E-state index is 13.4. The van der Waals surface area contributed by atoms with Crippen LogP contribution < -0.4 is 19.6 Å². The van der Waals surface area contributed by atoms with Gasteiger partial charge in [-0.15, -0.1) is 0 Å². The Bertz CT molecular complexity index is 1080. The number of hydrogen-bond donors (Lipinski definition) is 0. The van der Waals surface area contributed by atoms with Crippen molar-refractivity contribution in [3.63, 3.8) is 0 Å². The summed E-state index contributed by atoms with van der Waals surface area (Å²) in [7, 11) is 0. The molecule has 28 heavy (non-hydrogen) atoms. The van der Waals surface area contributed by atoms with Crippen LogP contribution in [0.25, 0.3) is 22.1 Å². The van der Waals surface area contributed by atoms with Crippen molar-refractivity contribution >= 4 is 11.0 Å². The summed E-state index contributed by atoms with van der Waals surface area (Å²) < 4.78 is 23.1. The molecule has 0 atom stereocenters. The van der Waals surface area contributed by atoms with Gasteiger partial charge in [0.15, 0.2) is 11.5 Å². The Morgan fingerprint density at radius 1 is 1.04 bits per heavy atom. The van der Waals surface area contributed by atoms with Crippen LogP contribution >= 0.6 is 0 Å². The Labute approximate surface area is 163 Å². The molecule has 0 saturated heterocycles. The highest BCUT2D eigenvalue weighted by Gasteiger charge is 2.19. The predicted octanol–water partition coefficient (Wildman–Crippen LogP) is 4.89. The van der Waals surface area contributed by atoms with Crippen molar-refractivity contribution in [2.24, 2.45) is 0 Å². The third kappa shape index (κ3) is 3.21. The Morgan fingerprint density at radius 2 is 1.82 bits per heavy atom. The molecule has 0 spiro atoms. The molecule has 1 aliphatic rings. The fraction of sp³-hybridized carbons (Fsp3) is 0.348. The minimum absolute atomic E-state index is 0.0455. The highest BCUT2D eigenvalue weighted by atomic mass is 16.6. The number of fused-ring (bicyclic) bond motifs is 2. The summed E-state index contributed by atoms with van der Waals surface area (Å²) in [5.74, 6) is 2.71. The zero-order valence-electron chi connectivity index (χ0n) is 16.5. The lowest BCUT2D eigenvalue weighted by Gasteiger charge is -2.19. The SMILES string of the molecule is CCCc1cc2c(=O)c(-c3ccc4c(c3)OCCO4)c(C)oc2cc1OCC. The standard InChI is InChI=1S/C23H24O5/c1-4-6-15-11-17-20(13-19(15)25-5-2)28-14(3)22(23(17)24)16-7-8-18-21(12-16)27-10-9-26-18/h7-8,11-13H,4-6,9-10H2,1-3H3. The Hall–Kier alpha value is -2.95. The van der Waals surface area contributed by atoms with E-state index in [1.54, 1.807) is 0 Å². The van der Waals surface area contributed by atoms with Crippen molar-refractivity contribution in [1.29, 1.82) is 0 Å². The van der Waals surface area contributed by atoms with Gasteiger partial charge in [0.05, 0.1) is 17.6 Å². The minimum atomic E-state index is -0.0455. The first-order chi connectivity index (χ1) is 13.6. The summed E-state index contributed by atoms with van der Waals surface area (Å²) in [5.41, 5.74) is 2.85. The van der Waals surface area contributed by atoms with E-state index in [0.717, 1.165) is 29.7 Å². The van der Waals surface area contributed by atoms with Crippen LogP contribution in [0.3, 0.4) is 0 Å². The molecule has 0 aliphatic carbocycles. The van der Waals surface area contributed by atoms with Crippen LogP contribution in [0.15, 0.2) is 39.5 Å². The van der Waals surface area contributed by atoms with Gasteiger partial charge in [0, 0.05) is 6.07 Å². The zero-order valence-corrected chi connectivity index (χ0v) is 16.5. The second-order valence-corrected chi connectivity index (χ2v) is 6.86. The summed E-state index contributed by atoms with van der Waals surface area (Å²) in [6.45, 7) is 7.48. The highest BCUT2D eigenvalue weighted by Crippen LogP contribution is 2.36. The van der Waals surface area contributed by atoms with Gasteiger partial charge >= 0.3 is 0 Å². The fourth-order valence-electron chi connectivity index (χ4n) is 3.67. The smallest absolute Gasteiger partial charge is 0.200 e. The van der Waals surface area contributed by atoms with Gasteiger partial charge in [-0.1, -0.05) is 19.4 Å². The van der Waals surface area contributed by atoms with Crippen LogP contribution in [0.2, 0.25) is 0 Å². The highest BCUT2D eigenvalue weighted by molar-refractivity contribution is 5.85. The largest absolute Gasteiger partial charge is 0.493 e. The first kappa shape index (κ1) is 18.4. The minimum Gasteiger partial charge on any atom is -0.493 e. The van der Waals surface area contributed by atoms with Crippen molar-refractivity contribution < 1.29 is 18.6 Å². The second-order valence-electron chi connectivity index (χ2n) is 6.86. The normalized spacial score (nSPS) is 13.0. The summed E-state index contributed by atoms with van der Waals surface area (Å²) in [6.07, 6.45) is 1.82. The molecule has 0 bridgehead atoms. The van der Waals surface area contributed by atoms with Gasteiger partial charge in [0.25, 0.3) is 0 Å². The van der Waals surface area contributed by atoms with Crippen LogP contribution in [0.5, 0.6) is 17.2 Å². The average molecular weight is 380 g/mol. The van der Waals surface area contributed by atoms with Gasteiger partial charge in [-0.25, -0.2) is 0 Å². The van der Waals surface area contributed by atoms with E-state index in [1.807, 2.05) is 44.2 Å². The number of rotatable bonds is 5. The average Bonchev–Trinajstić information content (AvgIpc) is 2.69. The zero-order chi connectivity index (χ0) is 19.7. The summed E-state index contributed by atoms with van der Waals surface area (Å²) in [6, 6.07) is 9.32. The molecule has 0 saturated carbocycles. The summed E-state index contributed by atoms with van der Waals surface area (Å²) >= 11 is 0. The molecule has 0 unspecified atom stereocenters. The van der Waals surface area contributed by atoms with E-state index < -0.39 is 0 Å². The third-order valence-corrected chi connectivity index (χ3v) is 4.90. The molecule has 2 aromatic carbocycles. The molecule has 5 heteroatoms. The lowest BCUT2D eigenvalue weighted by molar-refractivity contribution is 0.171. The summed E-state index contributed by atoms with van der Waals surface area (Å²) in [4.78, 5) is 13.4. The Balaban J connectivity index is 1.90. The van der Waals surface area contributed by atoms with E-state index in [4.69, 9.17) is 18.6 Å².